The molecule has 1 aliphatic heterocycles. The van der Waals surface area contributed by atoms with Gasteiger partial charge in [-0.15, -0.1) is 0 Å². The van der Waals surface area contributed by atoms with Crippen LogP contribution in [0, 0.1) is 17.8 Å². The third-order valence-corrected chi connectivity index (χ3v) is 5.45. The van der Waals surface area contributed by atoms with E-state index in [1.165, 1.54) is 5.56 Å². The van der Waals surface area contributed by atoms with Crippen molar-refractivity contribution in [3.63, 3.8) is 0 Å². The van der Waals surface area contributed by atoms with Crippen LogP contribution < -0.4 is 5.73 Å². The molecule has 1 heterocycles. The third kappa shape index (κ3) is 5.71. The molecule has 2 aromatic carbocycles. The number of piperidine rings is 1. The predicted octanol–water partition coefficient (Wildman–Crippen LogP) is 3.99. The number of hydrogen-bond donors (Lipinski definition) is 1. The summed E-state index contributed by atoms with van der Waals surface area (Å²) in [4.78, 5) is 14.3. The van der Waals surface area contributed by atoms with Crippen molar-refractivity contribution in [2.45, 2.75) is 45.1 Å². The fraction of sp³-hybridized carbons (Fsp3) is 0.400. The Bertz CT molecular complexity index is 809. The van der Waals surface area contributed by atoms with Gasteiger partial charge in [-0.1, -0.05) is 55.5 Å². The average molecular weight is 375 g/mol. The van der Waals surface area contributed by atoms with Crippen LogP contribution in [0.1, 0.15) is 49.3 Å². The zero-order valence-electron chi connectivity index (χ0n) is 16.7. The second-order valence-electron chi connectivity index (χ2n) is 7.68. The maximum absolute atomic E-state index is 12.3. The summed E-state index contributed by atoms with van der Waals surface area (Å²) in [5, 5.41) is 0. The number of amides is 1. The van der Waals surface area contributed by atoms with Gasteiger partial charge >= 0.3 is 0 Å². The van der Waals surface area contributed by atoms with Crippen LogP contribution >= 0.6 is 0 Å². The molecule has 1 atom stereocenters. The lowest BCUT2D eigenvalue weighted by Crippen LogP contribution is -2.47. The van der Waals surface area contributed by atoms with Crippen molar-refractivity contribution in [2.75, 3.05) is 13.1 Å². The summed E-state index contributed by atoms with van der Waals surface area (Å²) in [6.45, 7) is 3.74. The van der Waals surface area contributed by atoms with Crippen molar-refractivity contribution in [3.8, 4) is 11.8 Å². The van der Waals surface area contributed by atoms with Crippen LogP contribution in [0.4, 0.5) is 0 Å². The Morgan fingerprint density at radius 1 is 1.04 bits per heavy atom. The molecule has 0 spiro atoms. The van der Waals surface area contributed by atoms with E-state index in [9.17, 15) is 4.79 Å². The van der Waals surface area contributed by atoms with E-state index in [0.717, 1.165) is 56.3 Å². The smallest absolute Gasteiger partial charge is 0.239 e. The zero-order chi connectivity index (χ0) is 19.8. The van der Waals surface area contributed by atoms with Gasteiger partial charge in [0.1, 0.15) is 0 Å². The summed E-state index contributed by atoms with van der Waals surface area (Å²) in [5.41, 5.74) is 9.41. The quantitative estimate of drug-likeness (QED) is 0.804. The van der Waals surface area contributed by atoms with Gasteiger partial charge in [-0.05, 0) is 61.4 Å². The van der Waals surface area contributed by atoms with Gasteiger partial charge in [0, 0.05) is 24.2 Å². The van der Waals surface area contributed by atoms with Crippen LogP contribution in [0.5, 0.6) is 0 Å². The molecule has 3 nitrogen and oxygen atoms in total. The van der Waals surface area contributed by atoms with Crippen LogP contribution in [0.2, 0.25) is 0 Å². The second kappa shape index (κ2) is 10.1. The number of nitrogens with zero attached hydrogens (tertiary/aromatic N) is 1. The summed E-state index contributed by atoms with van der Waals surface area (Å²) >= 11 is 0. The molecule has 1 amide bonds. The van der Waals surface area contributed by atoms with E-state index in [0.29, 0.717) is 5.92 Å². The van der Waals surface area contributed by atoms with Crippen LogP contribution in [-0.4, -0.2) is 29.9 Å². The molecule has 28 heavy (non-hydrogen) atoms. The monoisotopic (exact) mass is 374 g/mol. The van der Waals surface area contributed by atoms with E-state index in [1.54, 1.807) is 0 Å². The minimum absolute atomic E-state index is 0.127. The van der Waals surface area contributed by atoms with E-state index in [4.69, 9.17) is 5.73 Å². The van der Waals surface area contributed by atoms with Gasteiger partial charge < -0.3 is 10.6 Å². The van der Waals surface area contributed by atoms with Crippen molar-refractivity contribution in [3.05, 3.63) is 71.3 Å². The van der Waals surface area contributed by atoms with Gasteiger partial charge in [-0.3, -0.25) is 4.79 Å². The Kier molecular flexibility index (Phi) is 7.28. The molecule has 0 saturated carbocycles. The lowest BCUT2D eigenvalue weighted by molar-refractivity contribution is -0.134. The molecule has 2 aromatic rings. The first kappa shape index (κ1) is 20.2. The molecular formula is C25H30N2O. The van der Waals surface area contributed by atoms with Crippen LogP contribution in [0.3, 0.4) is 0 Å². The van der Waals surface area contributed by atoms with Gasteiger partial charge in [0.15, 0.2) is 0 Å². The van der Waals surface area contributed by atoms with Crippen molar-refractivity contribution < 1.29 is 4.79 Å². The number of carbonyl (C=O) groups excluding carboxylic acids is 1. The normalized spacial score (nSPS) is 15.6. The Morgan fingerprint density at radius 2 is 1.64 bits per heavy atom. The fourth-order valence-corrected chi connectivity index (χ4v) is 3.75. The van der Waals surface area contributed by atoms with Gasteiger partial charge in [0.25, 0.3) is 0 Å². The molecule has 1 fully saturated rings. The van der Waals surface area contributed by atoms with Crippen molar-refractivity contribution in [1.29, 1.82) is 0 Å². The molecule has 146 valence electrons. The molecule has 0 radical (unpaired) electrons. The van der Waals surface area contributed by atoms with Crippen LogP contribution in [0.15, 0.2) is 54.6 Å². The first-order valence-corrected chi connectivity index (χ1v) is 10.4. The Morgan fingerprint density at radius 3 is 2.25 bits per heavy atom. The zero-order valence-corrected chi connectivity index (χ0v) is 16.7. The highest BCUT2D eigenvalue weighted by Gasteiger charge is 2.25. The van der Waals surface area contributed by atoms with Crippen molar-refractivity contribution in [1.82, 2.24) is 4.90 Å². The number of benzene rings is 2. The molecule has 3 rings (SSSR count). The molecule has 3 heteroatoms. The summed E-state index contributed by atoms with van der Waals surface area (Å²) in [6, 6.07) is 18.3. The molecule has 0 aromatic heterocycles. The van der Waals surface area contributed by atoms with Crippen molar-refractivity contribution in [2.24, 2.45) is 11.7 Å². The number of likely N-dealkylation sites (tertiary alicyclic amines) is 1. The van der Waals surface area contributed by atoms with Crippen LogP contribution in [0.25, 0.3) is 0 Å². The number of carbonyl (C=O) groups is 1. The summed E-state index contributed by atoms with van der Waals surface area (Å²) < 4.78 is 0. The Labute approximate surface area is 168 Å². The SMILES string of the molecule is CCCC(N)C(=O)N1CCC(Cc2ccc(C#Cc3ccccc3)cc2)CC1. The summed E-state index contributed by atoms with van der Waals surface area (Å²) in [7, 11) is 0. The highest BCUT2D eigenvalue weighted by atomic mass is 16.2. The van der Waals surface area contributed by atoms with E-state index < -0.39 is 0 Å². The highest BCUT2D eigenvalue weighted by molar-refractivity contribution is 5.81. The maximum Gasteiger partial charge on any atom is 0.239 e. The topological polar surface area (TPSA) is 46.3 Å². The van der Waals surface area contributed by atoms with Gasteiger partial charge in [-0.25, -0.2) is 0 Å². The second-order valence-corrected chi connectivity index (χ2v) is 7.68. The molecule has 1 saturated heterocycles. The molecule has 1 aliphatic rings. The standard InChI is InChI=1S/C25H30N2O/c1-2-6-24(26)25(28)27-17-15-23(16-18-27)19-22-13-11-21(12-14-22)10-9-20-7-4-3-5-8-20/h3-5,7-8,11-14,23-24H,2,6,15-19,26H2,1H3. The first-order valence-electron chi connectivity index (χ1n) is 10.4. The Balaban J connectivity index is 1.49. The Hall–Kier alpha value is -2.57. The van der Waals surface area contributed by atoms with E-state index >= 15 is 0 Å². The largest absolute Gasteiger partial charge is 0.341 e. The fourth-order valence-electron chi connectivity index (χ4n) is 3.75. The lowest BCUT2D eigenvalue weighted by Gasteiger charge is -2.33. The minimum Gasteiger partial charge on any atom is -0.341 e. The predicted molar refractivity (Wildman–Crippen MR) is 115 cm³/mol. The maximum atomic E-state index is 12.3. The average Bonchev–Trinajstić information content (AvgIpc) is 2.74. The summed E-state index contributed by atoms with van der Waals surface area (Å²) in [6.07, 6.45) is 4.91. The molecule has 2 N–H and O–H groups in total. The van der Waals surface area contributed by atoms with Gasteiger partial charge in [0.2, 0.25) is 5.91 Å². The van der Waals surface area contributed by atoms with E-state index in [-0.39, 0.29) is 11.9 Å². The lowest BCUT2D eigenvalue weighted by atomic mass is 9.89. The summed E-state index contributed by atoms with van der Waals surface area (Å²) in [5.74, 6) is 7.18. The van der Waals surface area contributed by atoms with Crippen LogP contribution in [-0.2, 0) is 11.2 Å². The number of hydrogen-bond acceptors (Lipinski definition) is 2. The third-order valence-electron chi connectivity index (χ3n) is 5.45. The molecule has 0 aliphatic carbocycles. The molecule has 0 bridgehead atoms. The number of nitrogens with two attached hydrogens (primary N) is 1. The molecule has 1 unspecified atom stereocenters. The van der Waals surface area contributed by atoms with Gasteiger partial charge in [-0.2, -0.15) is 0 Å². The minimum atomic E-state index is -0.328. The molecular weight excluding hydrogens is 344 g/mol. The van der Waals surface area contributed by atoms with E-state index in [1.807, 2.05) is 35.2 Å². The van der Waals surface area contributed by atoms with Crippen molar-refractivity contribution >= 4 is 5.91 Å². The number of rotatable bonds is 5. The first-order chi connectivity index (χ1) is 13.7. The van der Waals surface area contributed by atoms with E-state index in [2.05, 4.69) is 43.0 Å². The highest BCUT2D eigenvalue weighted by Crippen LogP contribution is 2.22. The van der Waals surface area contributed by atoms with Gasteiger partial charge in [0.05, 0.1) is 6.04 Å².